The van der Waals surface area contributed by atoms with E-state index in [1.165, 1.54) is 103 Å². The molecule has 0 radical (unpaired) electrons. The molecule has 4 N–H and O–H groups in total. The maximum atomic E-state index is 12.7. The van der Waals surface area contributed by atoms with Crippen LogP contribution in [0.4, 0.5) is 0 Å². The molecule has 12 heteroatoms. The van der Waals surface area contributed by atoms with Crippen molar-refractivity contribution in [2.75, 3.05) is 26.4 Å². The highest BCUT2D eigenvalue weighted by atomic mass is 31.2. The first-order chi connectivity index (χ1) is 30.5. The number of rotatable bonds is 45. The van der Waals surface area contributed by atoms with E-state index in [9.17, 15) is 29.3 Å². The van der Waals surface area contributed by atoms with Crippen molar-refractivity contribution < 1.29 is 52.9 Å². The number of ether oxygens (including phenoxy) is 2. The Morgan fingerprint density at radius 1 is 0.603 bits per heavy atom. The molecule has 63 heavy (non-hydrogen) atoms. The van der Waals surface area contributed by atoms with Crippen LogP contribution in [0, 0.1) is 5.92 Å². The van der Waals surface area contributed by atoms with Crippen molar-refractivity contribution in [2.24, 2.45) is 5.92 Å². The molecule has 0 aromatic heterocycles. The van der Waals surface area contributed by atoms with Crippen molar-refractivity contribution in [3.8, 4) is 0 Å². The Morgan fingerprint density at radius 2 is 1.13 bits per heavy atom. The molecule has 0 aromatic rings. The van der Waals surface area contributed by atoms with E-state index >= 15 is 0 Å². The second kappa shape index (κ2) is 44.8. The molecule has 0 rings (SSSR count). The Labute approximate surface area is 383 Å². The van der Waals surface area contributed by atoms with Crippen LogP contribution >= 0.6 is 7.82 Å². The molecule has 0 heterocycles. The number of aliphatic hydroxyl groups excluding tert-OH is 3. The van der Waals surface area contributed by atoms with Crippen LogP contribution in [0.15, 0.2) is 60.8 Å². The van der Waals surface area contributed by atoms with Crippen LogP contribution in [0.5, 0.6) is 0 Å². The molecule has 0 spiro atoms. The third kappa shape index (κ3) is 44.6. The molecule has 0 fully saturated rings. The van der Waals surface area contributed by atoms with E-state index in [2.05, 4.69) is 32.9 Å². The summed E-state index contributed by atoms with van der Waals surface area (Å²) in [5, 5.41) is 28.4. The fourth-order valence-corrected chi connectivity index (χ4v) is 7.41. The van der Waals surface area contributed by atoms with E-state index in [1.54, 1.807) is 6.08 Å². The Bertz CT molecular complexity index is 1260. The van der Waals surface area contributed by atoms with Gasteiger partial charge in [-0.2, -0.15) is 0 Å². The molecule has 366 valence electrons. The Balaban J connectivity index is 4.31. The summed E-state index contributed by atoms with van der Waals surface area (Å²) in [5.74, 6) is -0.142. The molecule has 0 aliphatic rings. The molecular weight excluding hydrogens is 820 g/mol. The number of unbranched alkanes of at least 4 members (excludes halogenated alkanes) is 18. The molecular formula is C51H91O11P. The minimum Gasteiger partial charge on any atom is -0.462 e. The molecule has 0 aliphatic carbocycles. The van der Waals surface area contributed by atoms with Gasteiger partial charge in [0.15, 0.2) is 6.10 Å². The highest BCUT2D eigenvalue weighted by molar-refractivity contribution is 7.47. The Morgan fingerprint density at radius 3 is 1.71 bits per heavy atom. The number of phosphoric ester groups is 1. The van der Waals surface area contributed by atoms with Crippen molar-refractivity contribution >= 4 is 19.8 Å². The fraction of sp³-hybridized carbons (Fsp3) is 0.765. The van der Waals surface area contributed by atoms with Crippen LogP contribution in [0.2, 0.25) is 0 Å². The van der Waals surface area contributed by atoms with Crippen LogP contribution in [0.3, 0.4) is 0 Å². The van der Waals surface area contributed by atoms with Crippen LogP contribution in [0.1, 0.15) is 201 Å². The van der Waals surface area contributed by atoms with Gasteiger partial charge < -0.3 is 29.7 Å². The average molecular weight is 911 g/mol. The molecule has 11 nitrogen and oxygen atoms in total. The zero-order valence-corrected chi connectivity index (χ0v) is 40.7. The molecule has 0 aliphatic heterocycles. The minimum absolute atomic E-state index is 0.130. The summed E-state index contributed by atoms with van der Waals surface area (Å²) in [5.41, 5.74) is 0. The summed E-state index contributed by atoms with van der Waals surface area (Å²) in [4.78, 5) is 35.1. The number of hydrogen-bond acceptors (Lipinski definition) is 10. The van der Waals surface area contributed by atoms with Crippen molar-refractivity contribution in [1.29, 1.82) is 0 Å². The highest BCUT2D eigenvalue weighted by Gasteiger charge is 2.27. The monoisotopic (exact) mass is 911 g/mol. The van der Waals surface area contributed by atoms with Crippen molar-refractivity contribution in [3.63, 3.8) is 0 Å². The van der Waals surface area contributed by atoms with Crippen LogP contribution in [-0.4, -0.2) is 76.9 Å². The van der Waals surface area contributed by atoms with E-state index in [0.29, 0.717) is 32.1 Å². The average Bonchev–Trinajstić information content (AvgIpc) is 3.27. The lowest BCUT2D eigenvalue weighted by atomic mass is 9.99. The van der Waals surface area contributed by atoms with Gasteiger partial charge in [-0.25, -0.2) is 4.57 Å². The summed E-state index contributed by atoms with van der Waals surface area (Å²) in [6.07, 6.45) is 46.5. The predicted octanol–water partition coefficient (Wildman–Crippen LogP) is 12.7. The van der Waals surface area contributed by atoms with Gasteiger partial charge in [-0.3, -0.25) is 18.6 Å². The molecule has 0 saturated carbocycles. The molecule has 0 saturated heterocycles. The third-order valence-electron chi connectivity index (χ3n) is 10.8. The Hall–Kier alpha value is -2.37. The topological polar surface area (TPSA) is 169 Å². The number of carbonyl (C=O) groups is 2. The summed E-state index contributed by atoms with van der Waals surface area (Å²) in [7, 11) is -4.65. The number of aliphatic hydroxyl groups is 3. The van der Waals surface area contributed by atoms with Gasteiger partial charge in [0.1, 0.15) is 12.7 Å². The lowest BCUT2D eigenvalue weighted by Crippen LogP contribution is -2.29. The quantitative estimate of drug-likeness (QED) is 0.0151. The number of carbonyl (C=O) groups excluding carboxylic acids is 2. The van der Waals surface area contributed by atoms with Gasteiger partial charge in [0, 0.05) is 12.8 Å². The number of hydrogen-bond donors (Lipinski definition) is 4. The second-order valence-corrected chi connectivity index (χ2v) is 18.4. The van der Waals surface area contributed by atoms with Crippen LogP contribution in [-0.2, 0) is 32.7 Å². The number of allylic oxidation sites excluding steroid dienone is 8. The second-order valence-electron chi connectivity index (χ2n) is 16.9. The van der Waals surface area contributed by atoms with Crippen molar-refractivity contribution in [2.45, 2.75) is 219 Å². The highest BCUT2D eigenvalue weighted by Crippen LogP contribution is 2.43. The lowest BCUT2D eigenvalue weighted by Gasteiger charge is -2.20. The zero-order valence-electron chi connectivity index (χ0n) is 39.8. The predicted molar refractivity (Wildman–Crippen MR) is 257 cm³/mol. The van der Waals surface area contributed by atoms with Gasteiger partial charge >= 0.3 is 19.8 Å². The number of esters is 2. The van der Waals surface area contributed by atoms with Crippen LogP contribution in [0.25, 0.3) is 0 Å². The van der Waals surface area contributed by atoms with Gasteiger partial charge in [0.05, 0.1) is 25.9 Å². The van der Waals surface area contributed by atoms with Crippen molar-refractivity contribution in [3.05, 3.63) is 60.8 Å². The van der Waals surface area contributed by atoms with E-state index < -0.39 is 57.9 Å². The third-order valence-corrected chi connectivity index (χ3v) is 11.8. The zero-order chi connectivity index (χ0) is 46.5. The van der Waals surface area contributed by atoms with Crippen molar-refractivity contribution in [1.82, 2.24) is 0 Å². The van der Waals surface area contributed by atoms with Gasteiger partial charge in [0.2, 0.25) is 0 Å². The van der Waals surface area contributed by atoms with E-state index in [1.807, 2.05) is 42.5 Å². The first kappa shape index (κ1) is 60.6. The first-order valence-corrected chi connectivity index (χ1v) is 26.2. The van der Waals surface area contributed by atoms with E-state index in [4.69, 9.17) is 23.6 Å². The molecule has 0 amide bonds. The smallest absolute Gasteiger partial charge is 0.462 e. The van der Waals surface area contributed by atoms with E-state index in [0.717, 1.165) is 38.0 Å². The maximum absolute atomic E-state index is 12.7. The SMILES string of the molecule is CC/C=C\C/C=C\CC(O)/C=C/C=C\C/C=C\CCCC(=O)OC[C@H](COP(=O)(O)OC[C@@H](O)CO)OC(=O)CCCCCCCCCCCCCCCCCCCCC(C)CC. The van der Waals surface area contributed by atoms with Crippen LogP contribution < -0.4 is 0 Å². The molecule has 0 aromatic carbocycles. The van der Waals surface area contributed by atoms with Gasteiger partial charge in [-0.1, -0.05) is 204 Å². The van der Waals surface area contributed by atoms with Gasteiger partial charge in [0.25, 0.3) is 0 Å². The summed E-state index contributed by atoms with van der Waals surface area (Å²) >= 11 is 0. The number of phosphoric acid groups is 1. The molecule has 5 atom stereocenters. The standard InChI is InChI=1S/C51H91O11P/c1-4-6-7-8-28-33-38-47(53)39-34-29-24-21-22-25-30-35-40-50(55)59-44-49(45-61-63(57,58)60-43-48(54)42-52)62-51(56)41-36-31-26-20-18-16-14-12-10-9-11-13-15-17-19-23-27-32-37-46(3)5-2/h6-7,22,24-25,28-29,33-34,39,46-49,52-54H,4-5,8-21,23,26-27,30-32,35-38,40-45H2,1-3H3,(H,57,58)/b7-6-,25-22-,29-24-,33-28-,39-34+/t46?,47?,48-,49+/m0/s1. The lowest BCUT2D eigenvalue weighted by molar-refractivity contribution is -0.161. The summed E-state index contributed by atoms with van der Waals surface area (Å²) in [6, 6.07) is 0. The fourth-order valence-electron chi connectivity index (χ4n) is 6.62. The summed E-state index contributed by atoms with van der Waals surface area (Å²) in [6.45, 7) is 4.52. The largest absolute Gasteiger partial charge is 0.472 e. The van der Waals surface area contributed by atoms with E-state index in [-0.39, 0.29) is 19.4 Å². The summed E-state index contributed by atoms with van der Waals surface area (Å²) < 4.78 is 32.7. The first-order valence-electron chi connectivity index (χ1n) is 24.7. The molecule has 0 bridgehead atoms. The van der Waals surface area contributed by atoms with Gasteiger partial charge in [-0.15, -0.1) is 0 Å². The maximum Gasteiger partial charge on any atom is 0.472 e. The Kier molecular flexibility index (Phi) is 43.1. The van der Waals surface area contributed by atoms with Gasteiger partial charge in [-0.05, 0) is 50.9 Å². The molecule has 3 unspecified atom stereocenters. The minimum atomic E-state index is -4.65. The normalized spacial score (nSPS) is 15.2.